The average Bonchev–Trinajstić information content (AvgIpc) is 2.41. The van der Waals surface area contributed by atoms with Crippen molar-refractivity contribution in [3.05, 3.63) is 63.1 Å². The number of halogens is 4. The third-order valence-corrected chi connectivity index (χ3v) is 3.39. The van der Waals surface area contributed by atoms with Crippen molar-refractivity contribution >= 4 is 33.3 Å². The molecule has 0 radical (unpaired) electrons. The van der Waals surface area contributed by atoms with Crippen molar-refractivity contribution in [1.82, 2.24) is 0 Å². The largest absolute Gasteiger partial charge is 0.484 e. The number of hydrogen-bond donors (Lipinski definition) is 0. The first kappa shape index (κ1) is 14.9. The number of carbonyl (C=O) groups excluding carboxylic acids is 1. The van der Waals surface area contributed by atoms with Gasteiger partial charge in [0.1, 0.15) is 17.4 Å². The van der Waals surface area contributed by atoms with Gasteiger partial charge in [-0.25, -0.2) is 8.78 Å². The van der Waals surface area contributed by atoms with Crippen molar-refractivity contribution in [2.75, 3.05) is 6.61 Å². The second-order valence-corrected chi connectivity index (χ2v) is 5.18. The van der Waals surface area contributed by atoms with Gasteiger partial charge >= 0.3 is 0 Å². The lowest BCUT2D eigenvalue weighted by molar-refractivity contribution is 0.0920. The summed E-state index contributed by atoms with van der Waals surface area (Å²) in [7, 11) is 0. The summed E-state index contributed by atoms with van der Waals surface area (Å²) in [5, 5.41) is -0.0549. The van der Waals surface area contributed by atoms with Crippen LogP contribution in [0.25, 0.3) is 0 Å². The van der Waals surface area contributed by atoms with E-state index in [2.05, 4.69) is 15.9 Å². The van der Waals surface area contributed by atoms with Crippen LogP contribution in [0.4, 0.5) is 8.78 Å². The van der Waals surface area contributed by atoms with E-state index in [0.29, 0.717) is 4.47 Å². The summed E-state index contributed by atoms with van der Waals surface area (Å²) in [5.74, 6) is -1.42. The molecule has 20 heavy (non-hydrogen) atoms. The highest BCUT2D eigenvalue weighted by Gasteiger charge is 2.11. The third kappa shape index (κ3) is 3.55. The van der Waals surface area contributed by atoms with Crippen molar-refractivity contribution in [3.8, 4) is 5.75 Å². The number of rotatable bonds is 4. The van der Waals surface area contributed by atoms with Crippen molar-refractivity contribution in [3.63, 3.8) is 0 Å². The minimum absolute atomic E-state index is 0.0549. The Morgan fingerprint density at radius 2 is 2.00 bits per heavy atom. The number of Topliss-reactive ketones (excluding diaryl/α,β-unsaturated/α-hetero) is 1. The Kier molecular flexibility index (Phi) is 4.73. The van der Waals surface area contributed by atoms with E-state index in [1.54, 1.807) is 0 Å². The Morgan fingerprint density at radius 1 is 1.25 bits per heavy atom. The third-order valence-electron chi connectivity index (χ3n) is 2.48. The lowest BCUT2D eigenvalue weighted by atomic mass is 10.1. The lowest BCUT2D eigenvalue weighted by Crippen LogP contribution is -2.12. The van der Waals surface area contributed by atoms with Gasteiger partial charge in [-0.1, -0.05) is 23.7 Å². The molecule has 6 heteroatoms. The molecule has 2 nitrogen and oxygen atoms in total. The summed E-state index contributed by atoms with van der Waals surface area (Å²) in [6.07, 6.45) is 0. The van der Waals surface area contributed by atoms with E-state index in [1.807, 2.05) is 0 Å². The lowest BCUT2D eigenvalue weighted by Gasteiger charge is -2.08. The predicted molar refractivity (Wildman–Crippen MR) is 75.3 cm³/mol. The Hall–Kier alpha value is -1.46. The molecule has 0 aromatic heterocycles. The van der Waals surface area contributed by atoms with Crippen molar-refractivity contribution in [2.45, 2.75) is 0 Å². The zero-order valence-corrected chi connectivity index (χ0v) is 12.3. The van der Waals surface area contributed by atoms with E-state index in [-0.39, 0.29) is 22.9 Å². The molecule has 0 atom stereocenters. The van der Waals surface area contributed by atoms with Gasteiger partial charge in [-0.05, 0) is 34.1 Å². The van der Waals surface area contributed by atoms with Gasteiger partial charge in [0.2, 0.25) is 0 Å². The summed E-state index contributed by atoms with van der Waals surface area (Å²) in [5.41, 5.74) is 0.190. The van der Waals surface area contributed by atoms with Crippen LogP contribution in [0.15, 0.2) is 40.9 Å². The molecule has 0 bridgehead atoms. The monoisotopic (exact) mass is 360 g/mol. The van der Waals surface area contributed by atoms with Crippen LogP contribution in [0.1, 0.15) is 10.4 Å². The molecule has 0 amide bonds. The Bertz CT molecular complexity index is 662. The van der Waals surface area contributed by atoms with E-state index >= 15 is 0 Å². The van der Waals surface area contributed by atoms with Crippen molar-refractivity contribution < 1.29 is 18.3 Å². The first-order chi connectivity index (χ1) is 9.47. The van der Waals surface area contributed by atoms with E-state index in [1.165, 1.54) is 24.3 Å². The highest BCUT2D eigenvalue weighted by atomic mass is 79.9. The summed E-state index contributed by atoms with van der Waals surface area (Å²) < 4.78 is 31.9. The molecule has 2 rings (SSSR count). The summed E-state index contributed by atoms with van der Waals surface area (Å²) in [6.45, 7) is -0.330. The maximum Gasteiger partial charge on any atom is 0.200 e. The maximum atomic E-state index is 13.3. The van der Waals surface area contributed by atoms with Gasteiger partial charge in [0.05, 0.1) is 9.50 Å². The normalized spacial score (nSPS) is 10.4. The van der Waals surface area contributed by atoms with Gasteiger partial charge in [-0.2, -0.15) is 0 Å². The molecule has 0 heterocycles. The zero-order valence-electron chi connectivity index (χ0n) is 10.00. The van der Waals surface area contributed by atoms with Gasteiger partial charge in [-0.3, -0.25) is 4.79 Å². The second-order valence-electron chi connectivity index (χ2n) is 3.92. The maximum absolute atomic E-state index is 13.3. The molecular weight excluding hydrogens is 354 g/mol. The molecule has 0 saturated heterocycles. The molecule has 104 valence electrons. The fraction of sp³-hybridized carbons (Fsp3) is 0.0714. The van der Waals surface area contributed by atoms with Gasteiger partial charge in [-0.15, -0.1) is 0 Å². The van der Waals surface area contributed by atoms with Crippen LogP contribution in [-0.4, -0.2) is 12.4 Å². The van der Waals surface area contributed by atoms with Crippen LogP contribution in [0.5, 0.6) is 5.75 Å². The first-order valence-corrected chi connectivity index (χ1v) is 6.70. The molecular formula is C14H8BrClF2O2. The van der Waals surface area contributed by atoms with Gasteiger partial charge in [0.25, 0.3) is 0 Å². The van der Waals surface area contributed by atoms with Crippen LogP contribution in [0.2, 0.25) is 5.02 Å². The van der Waals surface area contributed by atoms with Gasteiger partial charge in [0.15, 0.2) is 12.4 Å². The summed E-state index contributed by atoms with van der Waals surface area (Å²) in [6, 6.07) is 7.67. The number of ketones is 1. The minimum Gasteiger partial charge on any atom is -0.484 e. The van der Waals surface area contributed by atoms with Gasteiger partial charge < -0.3 is 4.74 Å². The van der Waals surface area contributed by atoms with E-state index in [0.717, 1.165) is 12.1 Å². The SMILES string of the molecule is O=C(COc1cc(F)c(Cl)cc1Br)c1cccc(F)c1. The van der Waals surface area contributed by atoms with Crippen LogP contribution in [0, 0.1) is 11.6 Å². The second kappa shape index (κ2) is 6.33. The molecule has 0 aliphatic rings. The van der Waals surface area contributed by atoms with Crippen LogP contribution in [0.3, 0.4) is 0 Å². The first-order valence-electron chi connectivity index (χ1n) is 5.53. The summed E-state index contributed by atoms with van der Waals surface area (Å²) in [4.78, 5) is 11.8. The van der Waals surface area contributed by atoms with E-state index in [9.17, 15) is 13.6 Å². The van der Waals surface area contributed by atoms with Crippen LogP contribution >= 0.6 is 27.5 Å². The molecule has 2 aromatic carbocycles. The fourth-order valence-corrected chi connectivity index (χ4v) is 2.26. The quantitative estimate of drug-likeness (QED) is 0.586. The molecule has 0 unspecified atom stereocenters. The van der Waals surface area contributed by atoms with Crippen LogP contribution < -0.4 is 4.74 Å². The standard InChI is InChI=1S/C14H8BrClF2O2/c15-10-5-11(16)12(18)6-14(10)20-7-13(19)8-2-1-3-9(17)4-8/h1-6H,7H2. The molecule has 0 fully saturated rings. The average molecular weight is 362 g/mol. The highest BCUT2D eigenvalue weighted by Crippen LogP contribution is 2.30. The van der Waals surface area contributed by atoms with Crippen molar-refractivity contribution in [2.24, 2.45) is 0 Å². The van der Waals surface area contributed by atoms with Gasteiger partial charge in [0, 0.05) is 11.6 Å². The molecule has 0 spiro atoms. The van der Waals surface area contributed by atoms with Crippen molar-refractivity contribution in [1.29, 1.82) is 0 Å². The molecule has 0 saturated carbocycles. The molecule has 0 aliphatic carbocycles. The minimum atomic E-state index is -0.650. The Morgan fingerprint density at radius 3 is 2.70 bits per heavy atom. The Labute approximate surface area is 127 Å². The number of ether oxygens (including phenoxy) is 1. The van der Waals surface area contributed by atoms with E-state index in [4.69, 9.17) is 16.3 Å². The van der Waals surface area contributed by atoms with Crippen LogP contribution in [-0.2, 0) is 0 Å². The topological polar surface area (TPSA) is 26.3 Å². The smallest absolute Gasteiger partial charge is 0.200 e. The zero-order chi connectivity index (χ0) is 14.7. The summed E-state index contributed by atoms with van der Waals surface area (Å²) >= 11 is 8.74. The molecule has 0 aliphatic heterocycles. The van der Waals surface area contributed by atoms with E-state index < -0.39 is 17.4 Å². The predicted octanol–water partition coefficient (Wildman–Crippen LogP) is 4.64. The highest BCUT2D eigenvalue weighted by molar-refractivity contribution is 9.10. The number of hydrogen-bond acceptors (Lipinski definition) is 2. The number of benzene rings is 2. The molecule has 0 N–H and O–H groups in total. The molecule has 2 aromatic rings. The fourth-order valence-electron chi connectivity index (χ4n) is 1.50. The Balaban J connectivity index is 2.09. The number of carbonyl (C=O) groups is 1.